The third kappa shape index (κ3) is 1.71. The molecule has 4 nitrogen and oxygen atoms in total. The SMILES string of the molecule is O=C1C[C@H](Cc2ccc3c(c2)OCO3)CO1. The summed E-state index contributed by atoms with van der Waals surface area (Å²) in [5.74, 6) is 1.80. The van der Waals surface area contributed by atoms with Crippen LogP contribution in [0.1, 0.15) is 12.0 Å². The molecular formula is C12H12O4. The van der Waals surface area contributed by atoms with Crippen molar-refractivity contribution in [1.82, 2.24) is 0 Å². The number of carbonyl (C=O) groups is 1. The first-order valence-electron chi connectivity index (χ1n) is 5.35. The van der Waals surface area contributed by atoms with Gasteiger partial charge in [-0.15, -0.1) is 0 Å². The van der Waals surface area contributed by atoms with Crippen molar-refractivity contribution in [2.24, 2.45) is 5.92 Å². The number of carbonyl (C=O) groups excluding carboxylic acids is 1. The van der Waals surface area contributed by atoms with E-state index >= 15 is 0 Å². The molecule has 16 heavy (non-hydrogen) atoms. The Morgan fingerprint density at radius 2 is 2.06 bits per heavy atom. The Kier molecular flexibility index (Phi) is 2.20. The Balaban J connectivity index is 1.73. The summed E-state index contributed by atoms with van der Waals surface area (Å²) in [6, 6.07) is 5.90. The predicted octanol–water partition coefficient (Wildman–Crippen LogP) is 1.52. The molecule has 4 heteroatoms. The average Bonchev–Trinajstić information content (AvgIpc) is 2.87. The van der Waals surface area contributed by atoms with E-state index in [1.54, 1.807) is 0 Å². The molecule has 2 heterocycles. The fourth-order valence-electron chi connectivity index (χ4n) is 2.10. The largest absolute Gasteiger partial charge is 0.465 e. The molecule has 1 atom stereocenters. The summed E-state index contributed by atoms with van der Waals surface area (Å²) < 4.78 is 15.5. The molecule has 0 spiro atoms. The average molecular weight is 220 g/mol. The highest BCUT2D eigenvalue weighted by Gasteiger charge is 2.24. The van der Waals surface area contributed by atoms with Gasteiger partial charge in [-0.3, -0.25) is 4.79 Å². The Labute approximate surface area is 93.1 Å². The van der Waals surface area contributed by atoms with Gasteiger partial charge in [0.1, 0.15) is 0 Å². The molecule has 1 aromatic carbocycles. The first-order chi connectivity index (χ1) is 7.81. The van der Waals surface area contributed by atoms with Gasteiger partial charge in [-0.05, 0) is 24.1 Å². The van der Waals surface area contributed by atoms with E-state index in [1.165, 1.54) is 0 Å². The fourth-order valence-corrected chi connectivity index (χ4v) is 2.10. The quantitative estimate of drug-likeness (QED) is 0.709. The highest BCUT2D eigenvalue weighted by molar-refractivity contribution is 5.71. The van der Waals surface area contributed by atoms with Gasteiger partial charge in [0.05, 0.1) is 13.0 Å². The summed E-state index contributed by atoms with van der Waals surface area (Å²) in [6.07, 6.45) is 1.37. The second kappa shape index (κ2) is 3.70. The maximum atomic E-state index is 11.0. The van der Waals surface area contributed by atoms with E-state index in [1.807, 2.05) is 18.2 Å². The molecule has 0 aliphatic carbocycles. The van der Waals surface area contributed by atoms with Gasteiger partial charge in [-0.25, -0.2) is 0 Å². The number of rotatable bonds is 2. The summed E-state index contributed by atoms with van der Waals surface area (Å²) in [7, 11) is 0. The number of esters is 1. The lowest BCUT2D eigenvalue weighted by atomic mass is 9.98. The lowest BCUT2D eigenvalue weighted by Crippen LogP contribution is -2.03. The van der Waals surface area contributed by atoms with Crippen molar-refractivity contribution in [2.45, 2.75) is 12.8 Å². The maximum Gasteiger partial charge on any atom is 0.306 e. The van der Waals surface area contributed by atoms with Gasteiger partial charge in [0.15, 0.2) is 11.5 Å². The number of hydrogen-bond acceptors (Lipinski definition) is 4. The van der Waals surface area contributed by atoms with Crippen molar-refractivity contribution < 1.29 is 19.0 Å². The molecule has 0 aromatic heterocycles. The van der Waals surface area contributed by atoms with Gasteiger partial charge >= 0.3 is 5.97 Å². The highest BCUT2D eigenvalue weighted by Crippen LogP contribution is 2.33. The first kappa shape index (κ1) is 9.51. The van der Waals surface area contributed by atoms with E-state index in [0.717, 1.165) is 23.5 Å². The minimum Gasteiger partial charge on any atom is -0.465 e. The fraction of sp³-hybridized carbons (Fsp3) is 0.417. The molecule has 0 saturated carbocycles. The van der Waals surface area contributed by atoms with E-state index in [-0.39, 0.29) is 5.97 Å². The van der Waals surface area contributed by atoms with Crippen LogP contribution in [0.15, 0.2) is 18.2 Å². The molecule has 0 unspecified atom stereocenters. The van der Waals surface area contributed by atoms with Crippen molar-refractivity contribution in [3.8, 4) is 11.5 Å². The van der Waals surface area contributed by atoms with E-state index in [2.05, 4.69) is 0 Å². The van der Waals surface area contributed by atoms with Crippen LogP contribution in [0.2, 0.25) is 0 Å². The molecule has 2 aliphatic rings. The monoisotopic (exact) mass is 220 g/mol. The van der Waals surface area contributed by atoms with Crippen molar-refractivity contribution >= 4 is 5.97 Å². The predicted molar refractivity (Wildman–Crippen MR) is 55.3 cm³/mol. The van der Waals surface area contributed by atoms with Crippen LogP contribution in [0.5, 0.6) is 11.5 Å². The minimum absolute atomic E-state index is 0.0919. The van der Waals surface area contributed by atoms with Crippen LogP contribution in [0, 0.1) is 5.92 Å². The molecule has 0 bridgehead atoms. The number of fused-ring (bicyclic) bond motifs is 1. The summed E-state index contributed by atoms with van der Waals surface area (Å²) in [6.45, 7) is 0.830. The van der Waals surface area contributed by atoms with Crippen LogP contribution in [0.4, 0.5) is 0 Å². The van der Waals surface area contributed by atoms with E-state index in [9.17, 15) is 4.79 Å². The third-order valence-electron chi connectivity index (χ3n) is 2.90. The Morgan fingerprint density at radius 3 is 2.88 bits per heavy atom. The van der Waals surface area contributed by atoms with Gasteiger partial charge < -0.3 is 14.2 Å². The van der Waals surface area contributed by atoms with Gasteiger partial charge in [0, 0.05) is 5.92 Å². The van der Waals surface area contributed by atoms with Crippen LogP contribution in [0.25, 0.3) is 0 Å². The smallest absolute Gasteiger partial charge is 0.306 e. The number of benzene rings is 1. The molecule has 84 valence electrons. The van der Waals surface area contributed by atoms with Crippen molar-refractivity contribution in [2.75, 3.05) is 13.4 Å². The Morgan fingerprint density at radius 1 is 1.19 bits per heavy atom. The van der Waals surface area contributed by atoms with Gasteiger partial charge in [0.25, 0.3) is 0 Å². The minimum atomic E-state index is -0.0919. The van der Waals surface area contributed by atoms with Crippen molar-refractivity contribution in [3.63, 3.8) is 0 Å². The van der Waals surface area contributed by atoms with Crippen molar-refractivity contribution in [3.05, 3.63) is 23.8 Å². The second-order valence-corrected chi connectivity index (χ2v) is 4.14. The van der Waals surface area contributed by atoms with Gasteiger partial charge in [-0.1, -0.05) is 6.07 Å². The first-order valence-corrected chi connectivity index (χ1v) is 5.35. The summed E-state index contributed by atoms with van der Waals surface area (Å²) in [5, 5.41) is 0. The third-order valence-corrected chi connectivity index (χ3v) is 2.90. The lowest BCUT2D eigenvalue weighted by Gasteiger charge is -2.06. The number of ether oxygens (including phenoxy) is 3. The summed E-state index contributed by atoms with van der Waals surface area (Å²) in [5.41, 5.74) is 1.16. The van der Waals surface area contributed by atoms with Crippen LogP contribution in [-0.4, -0.2) is 19.4 Å². The molecule has 2 aliphatic heterocycles. The Hall–Kier alpha value is -1.71. The molecule has 1 aromatic rings. The zero-order valence-electron chi connectivity index (χ0n) is 8.77. The van der Waals surface area contributed by atoms with E-state index < -0.39 is 0 Å². The van der Waals surface area contributed by atoms with E-state index in [4.69, 9.17) is 14.2 Å². The molecule has 1 saturated heterocycles. The van der Waals surface area contributed by atoms with Crippen LogP contribution < -0.4 is 9.47 Å². The zero-order valence-corrected chi connectivity index (χ0v) is 8.77. The highest BCUT2D eigenvalue weighted by atomic mass is 16.7. The summed E-state index contributed by atoms with van der Waals surface area (Å²) >= 11 is 0. The Bertz CT molecular complexity index is 427. The number of hydrogen-bond donors (Lipinski definition) is 0. The molecule has 1 fully saturated rings. The zero-order chi connectivity index (χ0) is 11.0. The van der Waals surface area contributed by atoms with Gasteiger partial charge in [0.2, 0.25) is 6.79 Å². The normalized spacial score (nSPS) is 22.2. The lowest BCUT2D eigenvalue weighted by molar-refractivity contribution is -0.137. The van der Waals surface area contributed by atoms with Crippen molar-refractivity contribution in [1.29, 1.82) is 0 Å². The topological polar surface area (TPSA) is 44.8 Å². The standard InChI is InChI=1S/C12H12O4/c13-12-5-9(6-14-12)3-8-1-2-10-11(4-8)16-7-15-10/h1-2,4,9H,3,5-7H2/t9-/m0/s1. The molecule has 3 rings (SSSR count). The number of cyclic esters (lactones) is 1. The summed E-state index contributed by atoms with van der Waals surface area (Å²) in [4.78, 5) is 11.0. The second-order valence-electron chi connectivity index (χ2n) is 4.14. The van der Waals surface area contributed by atoms with Crippen LogP contribution >= 0.6 is 0 Å². The molecule has 0 radical (unpaired) electrons. The molecule has 0 N–H and O–H groups in total. The van der Waals surface area contributed by atoms with Crippen LogP contribution in [-0.2, 0) is 16.0 Å². The van der Waals surface area contributed by atoms with E-state index in [0.29, 0.717) is 25.7 Å². The van der Waals surface area contributed by atoms with Gasteiger partial charge in [-0.2, -0.15) is 0 Å². The molecular weight excluding hydrogens is 208 g/mol. The maximum absolute atomic E-state index is 11.0. The molecule has 0 amide bonds. The van der Waals surface area contributed by atoms with Crippen LogP contribution in [0.3, 0.4) is 0 Å².